The van der Waals surface area contributed by atoms with Crippen LogP contribution in [0.1, 0.15) is 53.6 Å². The summed E-state index contributed by atoms with van der Waals surface area (Å²) in [7, 11) is 0. The molecule has 0 aliphatic heterocycles. The minimum absolute atomic E-state index is 0.257. The fourth-order valence-electron chi connectivity index (χ4n) is 3.53. The SMILES string of the molecule is CCCc1ccc(OCC)c(-c2c(C(=O)OCC)c3ccccn3c2C=O)c1. The van der Waals surface area contributed by atoms with Crippen LogP contribution in [0.15, 0.2) is 42.6 Å². The Hall–Kier alpha value is -3.08. The van der Waals surface area contributed by atoms with E-state index in [0.29, 0.717) is 34.7 Å². The molecule has 5 heteroatoms. The number of aromatic nitrogens is 1. The minimum atomic E-state index is -0.447. The van der Waals surface area contributed by atoms with Gasteiger partial charge in [0, 0.05) is 17.3 Å². The molecular weight excluding hydrogens is 354 g/mol. The first-order chi connectivity index (χ1) is 13.7. The molecule has 28 heavy (non-hydrogen) atoms. The Bertz CT molecular complexity index is 1000. The van der Waals surface area contributed by atoms with Crippen LogP contribution in [0.25, 0.3) is 16.6 Å². The molecule has 0 fully saturated rings. The van der Waals surface area contributed by atoms with E-state index in [9.17, 15) is 9.59 Å². The highest BCUT2D eigenvalue weighted by Gasteiger charge is 2.27. The third kappa shape index (κ3) is 3.52. The van der Waals surface area contributed by atoms with Gasteiger partial charge in [0.2, 0.25) is 0 Å². The second-order valence-electron chi connectivity index (χ2n) is 6.44. The Labute approximate surface area is 164 Å². The van der Waals surface area contributed by atoms with Gasteiger partial charge in [-0.1, -0.05) is 25.5 Å². The third-order valence-electron chi connectivity index (χ3n) is 4.62. The number of rotatable bonds is 8. The lowest BCUT2D eigenvalue weighted by molar-refractivity contribution is 0.0529. The van der Waals surface area contributed by atoms with Crippen molar-refractivity contribution in [1.29, 1.82) is 0 Å². The van der Waals surface area contributed by atoms with Crippen molar-refractivity contribution in [1.82, 2.24) is 4.40 Å². The lowest BCUT2D eigenvalue weighted by Gasteiger charge is -2.13. The number of hydrogen-bond donors (Lipinski definition) is 0. The van der Waals surface area contributed by atoms with E-state index in [0.717, 1.165) is 30.3 Å². The monoisotopic (exact) mass is 379 g/mol. The number of nitrogens with zero attached hydrogens (tertiary/aromatic N) is 1. The summed E-state index contributed by atoms with van der Waals surface area (Å²) in [5, 5.41) is 0. The molecule has 0 spiro atoms. The van der Waals surface area contributed by atoms with Gasteiger partial charge in [0.1, 0.15) is 5.75 Å². The highest BCUT2D eigenvalue weighted by atomic mass is 16.5. The summed E-state index contributed by atoms with van der Waals surface area (Å²) >= 11 is 0. The molecule has 0 N–H and O–H groups in total. The number of pyridine rings is 1. The molecule has 0 radical (unpaired) electrons. The van der Waals surface area contributed by atoms with Crippen LogP contribution in [-0.2, 0) is 11.2 Å². The number of ether oxygens (including phenoxy) is 2. The molecule has 5 nitrogen and oxygen atoms in total. The normalized spacial score (nSPS) is 10.8. The first kappa shape index (κ1) is 19.7. The van der Waals surface area contributed by atoms with Gasteiger partial charge in [-0.05, 0) is 50.1 Å². The molecule has 0 saturated heterocycles. The van der Waals surface area contributed by atoms with Crippen LogP contribution >= 0.6 is 0 Å². The molecule has 0 aliphatic rings. The molecule has 0 unspecified atom stereocenters. The number of benzene rings is 1. The minimum Gasteiger partial charge on any atom is -0.493 e. The number of aryl methyl sites for hydroxylation is 1. The fourth-order valence-corrected chi connectivity index (χ4v) is 3.53. The second-order valence-corrected chi connectivity index (χ2v) is 6.44. The zero-order chi connectivity index (χ0) is 20.1. The van der Waals surface area contributed by atoms with E-state index < -0.39 is 5.97 Å². The van der Waals surface area contributed by atoms with Crippen LogP contribution < -0.4 is 4.74 Å². The largest absolute Gasteiger partial charge is 0.493 e. The van der Waals surface area contributed by atoms with E-state index >= 15 is 0 Å². The van der Waals surface area contributed by atoms with Crippen LogP contribution in [0.2, 0.25) is 0 Å². The number of esters is 1. The zero-order valence-corrected chi connectivity index (χ0v) is 16.5. The number of carbonyl (C=O) groups excluding carboxylic acids is 2. The summed E-state index contributed by atoms with van der Waals surface area (Å²) in [6, 6.07) is 11.4. The summed E-state index contributed by atoms with van der Waals surface area (Å²) in [5.74, 6) is 0.199. The van der Waals surface area contributed by atoms with Crippen LogP contribution in [0.4, 0.5) is 0 Å². The van der Waals surface area contributed by atoms with E-state index in [1.807, 2.05) is 43.3 Å². The molecule has 0 aliphatic carbocycles. The van der Waals surface area contributed by atoms with E-state index in [-0.39, 0.29) is 6.61 Å². The fraction of sp³-hybridized carbons (Fsp3) is 0.304. The highest BCUT2D eigenvalue weighted by molar-refractivity contribution is 6.09. The first-order valence-electron chi connectivity index (χ1n) is 9.67. The summed E-state index contributed by atoms with van der Waals surface area (Å²) in [6.45, 7) is 6.53. The van der Waals surface area contributed by atoms with Crippen molar-refractivity contribution < 1.29 is 19.1 Å². The standard InChI is InChI=1S/C23H25NO4/c1-4-9-16-11-12-20(27-5-2)17(14-16)21-19(15-25)24-13-8-7-10-18(24)22(21)23(26)28-6-3/h7-8,10-15H,4-6,9H2,1-3H3. The van der Waals surface area contributed by atoms with Gasteiger partial charge < -0.3 is 13.9 Å². The highest BCUT2D eigenvalue weighted by Crippen LogP contribution is 2.39. The average Bonchev–Trinajstić information content (AvgIpc) is 3.04. The Balaban J connectivity index is 2.39. The van der Waals surface area contributed by atoms with Gasteiger partial charge in [0.05, 0.1) is 30.0 Å². The second kappa shape index (κ2) is 8.74. The molecule has 1 aromatic carbocycles. The van der Waals surface area contributed by atoms with Crippen molar-refractivity contribution in [2.24, 2.45) is 0 Å². The molecule has 0 atom stereocenters. The van der Waals surface area contributed by atoms with Gasteiger partial charge in [-0.15, -0.1) is 0 Å². The van der Waals surface area contributed by atoms with Gasteiger partial charge in [-0.2, -0.15) is 0 Å². The smallest absolute Gasteiger partial charge is 0.340 e. The van der Waals surface area contributed by atoms with Crippen molar-refractivity contribution >= 4 is 17.8 Å². The zero-order valence-electron chi connectivity index (χ0n) is 16.5. The van der Waals surface area contributed by atoms with Crippen LogP contribution in [0, 0.1) is 0 Å². The molecule has 146 valence electrons. The molecule has 0 amide bonds. The van der Waals surface area contributed by atoms with Gasteiger partial charge in [0.15, 0.2) is 6.29 Å². The molecular formula is C23H25NO4. The quantitative estimate of drug-likeness (QED) is 0.411. The molecule has 2 aromatic heterocycles. The third-order valence-corrected chi connectivity index (χ3v) is 4.62. The van der Waals surface area contributed by atoms with Gasteiger partial charge in [-0.25, -0.2) is 4.79 Å². The van der Waals surface area contributed by atoms with E-state index in [1.165, 1.54) is 0 Å². The molecule has 0 bridgehead atoms. The van der Waals surface area contributed by atoms with Gasteiger partial charge in [0.25, 0.3) is 0 Å². The van der Waals surface area contributed by atoms with Gasteiger partial charge in [-0.3, -0.25) is 4.79 Å². The lowest BCUT2D eigenvalue weighted by Crippen LogP contribution is -2.06. The van der Waals surface area contributed by atoms with E-state index in [4.69, 9.17) is 9.47 Å². The Morgan fingerprint density at radius 1 is 1.11 bits per heavy atom. The number of fused-ring (bicyclic) bond motifs is 1. The predicted octanol–water partition coefficient (Wildman–Crippen LogP) is 4.95. The van der Waals surface area contributed by atoms with Crippen molar-refractivity contribution in [3.8, 4) is 16.9 Å². The number of carbonyl (C=O) groups is 2. The number of aldehydes is 1. The summed E-state index contributed by atoms with van der Waals surface area (Å²) in [6.07, 6.45) is 4.46. The van der Waals surface area contributed by atoms with Crippen molar-refractivity contribution in [3.63, 3.8) is 0 Å². The van der Waals surface area contributed by atoms with Crippen LogP contribution in [0.5, 0.6) is 5.75 Å². The molecule has 3 rings (SSSR count). The molecule has 3 aromatic rings. The maximum absolute atomic E-state index is 12.9. The van der Waals surface area contributed by atoms with Crippen LogP contribution in [0.3, 0.4) is 0 Å². The first-order valence-corrected chi connectivity index (χ1v) is 9.67. The van der Waals surface area contributed by atoms with Crippen LogP contribution in [-0.4, -0.2) is 29.9 Å². The Morgan fingerprint density at radius 3 is 2.61 bits per heavy atom. The topological polar surface area (TPSA) is 57.0 Å². The summed E-state index contributed by atoms with van der Waals surface area (Å²) in [5.41, 5.74) is 3.86. The summed E-state index contributed by atoms with van der Waals surface area (Å²) < 4.78 is 12.9. The van der Waals surface area contributed by atoms with E-state index in [2.05, 4.69) is 6.92 Å². The maximum Gasteiger partial charge on any atom is 0.340 e. The van der Waals surface area contributed by atoms with Crippen molar-refractivity contribution in [3.05, 3.63) is 59.4 Å². The maximum atomic E-state index is 12.9. The van der Waals surface area contributed by atoms with Crippen molar-refractivity contribution in [2.75, 3.05) is 13.2 Å². The molecule has 0 saturated carbocycles. The summed E-state index contributed by atoms with van der Waals surface area (Å²) in [4.78, 5) is 24.9. The Kier molecular flexibility index (Phi) is 6.14. The molecule has 2 heterocycles. The van der Waals surface area contributed by atoms with Gasteiger partial charge >= 0.3 is 5.97 Å². The number of hydrogen-bond acceptors (Lipinski definition) is 4. The van der Waals surface area contributed by atoms with E-state index in [1.54, 1.807) is 17.5 Å². The van der Waals surface area contributed by atoms with Crippen molar-refractivity contribution in [2.45, 2.75) is 33.6 Å². The average molecular weight is 379 g/mol. The predicted molar refractivity (Wildman–Crippen MR) is 109 cm³/mol. The lowest BCUT2D eigenvalue weighted by atomic mass is 9.96. The Morgan fingerprint density at radius 2 is 1.93 bits per heavy atom.